The van der Waals surface area contributed by atoms with E-state index in [2.05, 4.69) is 5.32 Å². The molecule has 1 saturated carbocycles. The number of Topliss-reactive ketones (excluding diaryl/α,β-unsaturated/α-hetero) is 1. The van der Waals surface area contributed by atoms with E-state index in [4.69, 9.17) is 0 Å². The minimum atomic E-state index is -2.71. The first-order chi connectivity index (χ1) is 15.3. The lowest BCUT2D eigenvalue weighted by Gasteiger charge is -2.29. The SMILES string of the molecule is CC(=O)c1cccc(-c2ccc(Nc3c(N(C4CC4)S(=O)[O-])ccc(F)c3F)c(F)c2)c1. The summed E-state index contributed by atoms with van der Waals surface area (Å²) in [6.07, 6.45) is 1.18. The Labute approximate surface area is 185 Å². The number of ketones is 1. The molecule has 0 radical (unpaired) electrons. The molecule has 3 aromatic carbocycles. The van der Waals surface area contributed by atoms with Crippen molar-refractivity contribution in [3.63, 3.8) is 0 Å². The average molecular weight is 459 g/mol. The molecular formula is C23H18F3N2O3S-. The Kier molecular flexibility index (Phi) is 6.03. The van der Waals surface area contributed by atoms with Crippen molar-refractivity contribution in [2.45, 2.75) is 25.8 Å². The summed E-state index contributed by atoms with van der Waals surface area (Å²) in [6, 6.07) is 12.4. The molecular weight excluding hydrogens is 441 g/mol. The fourth-order valence-electron chi connectivity index (χ4n) is 3.40. The van der Waals surface area contributed by atoms with Crippen LogP contribution in [-0.4, -0.2) is 20.6 Å². The molecule has 9 heteroatoms. The summed E-state index contributed by atoms with van der Waals surface area (Å²) in [7, 11) is 0. The lowest BCUT2D eigenvalue weighted by Crippen LogP contribution is -2.28. The normalized spacial score (nSPS) is 14.2. The smallest absolute Gasteiger partial charge is 0.184 e. The van der Waals surface area contributed by atoms with E-state index < -0.39 is 34.4 Å². The van der Waals surface area contributed by atoms with Crippen molar-refractivity contribution in [3.05, 3.63) is 77.6 Å². The maximum absolute atomic E-state index is 14.9. The van der Waals surface area contributed by atoms with E-state index in [1.54, 1.807) is 30.3 Å². The summed E-state index contributed by atoms with van der Waals surface area (Å²) in [6.45, 7) is 1.43. The molecule has 0 amide bonds. The molecule has 5 nitrogen and oxygen atoms in total. The highest BCUT2D eigenvalue weighted by molar-refractivity contribution is 7.80. The van der Waals surface area contributed by atoms with Crippen molar-refractivity contribution >= 4 is 34.1 Å². The average Bonchev–Trinajstić information content (AvgIpc) is 3.59. The van der Waals surface area contributed by atoms with E-state index in [0.717, 1.165) is 16.4 Å². The molecule has 4 rings (SSSR count). The van der Waals surface area contributed by atoms with Crippen molar-refractivity contribution in [2.75, 3.05) is 9.62 Å². The van der Waals surface area contributed by atoms with Crippen molar-refractivity contribution in [1.82, 2.24) is 0 Å². The fraction of sp³-hybridized carbons (Fsp3) is 0.174. The van der Waals surface area contributed by atoms with E-state index in [1.165, 1.54) is 19.1 Å². The zero-order chi connectivity index (χ0) is 23.0. The predicted molar refractivity (Wildman–Crippen MR) is 116 cm³/mol. The molecule has 0 spiro atoms. The van der Waals surface area contributed by atoms with Crippen LogP contribution < -0.4 is 9.62 Å². The van der Waals surface area contributed by atoms with Gasteiger partial charge in [0.2, 0.25) is 0 Å². The van der Waals surface area contributed by atoms with Gasteiger partial charge in [-0.25, -0.2) is 13.2 Å². The van der Waals surface area contributed by atoms with Crippen LogP contribution in [-0.2, 0) is 11.3 Å². The first kappa shape index (κ1) is 22.0. The van der Waals surface area contributed by atoms with Crippen LogP contribution in [0.2, 0.25) is 0 Å². The highest BCUT2D eigenvalue weighted by Gasteiger charge is 2.33. The number of hydrogen-bond donors (Lipinski definition) is 1. The van der Waals surface area contributed by atoms with Gasteiger partial charge in [-0.15, -0.1) is 0 Å². The summed E-state index contributed by atoms with van der Waals surface area (Å²) in [5.74, 6) is -3.39. The monoisotopic (exact) mass is 459 g/mol. The third kappa shape index (κ3) is 4.39. The van der Waals surface area contributed by atoms with Gasteiger partial charge < -0.3 is 9.87 Å². The molecule has 0 bridgehead atoms. The molecule has 1 N–H and O–H groups in total. The van der Waals surface area contributed by atoms with E-state index in [-0.39, 0.29) is 23.2 Å². The Morgan fingerprint density at radius 2 is 1.75 bits per heavy atom. The van der Waals surface area contributed by atoms with Crippen LogP contribution in [0, 0.1) is 17.5 Å². The standard InChI is InChI=1S/C23H19F3N2O3S/c1-13(29)14-3-2-4-15(11-14)16-5-9-20(19(25)12-16)27-23-21(10-8-18(24)22(23)26)28(32(30)31)17-6-7-17/h2-5,8-12,17,27H,6-7H2,1H3,(H,30,31)/p-1. The number of benzene rings is 3. The number of anilines is 3. The molecule has 0 aliphatic heterocycles. The molecule has 1 atom stereocenters. The second-order valence-electron chi connectivity index (χ2n) is 7.49. The first-order valence-electron chi connectivity index (χ1n) is 9.81. The van der Waals surface area contributed by atoms with Gasteiger partial charge in [0.15, 0.2) is 17.4 Å². The molecule has 166 valence electrons. The lowest BCUT2D eigenvalue weighted by molar-refractivity contribution is 0.101. The molecule has 0 saturated heterocycles. The summed E-state index contributed by atoms with van der Waals surface area (Å²) >= 11 is -2.71. The third-order valence-corrected chi connectivity index (χ3v) is 6.00. The number of carbonyl (C=O) groups is 1. The topological polar surface area (TPSA) is 72.5 Å². The quantitative estimate of drug-likeness (QED) is 0.375. The highest BCUT2D eigenvalue weighted by atomic mass is 32.2. The molecule has 0 aromatic heterocycles. The number of rotatable bonds is 7. The van der Waals surface area contributed by atoms with Gasteiger partial charge in [-0.3, -0.25) is 13.3 Å². The van der Waals surface area contributed by atoms with Crippen molar-refractivity contribution in [1.29, 1.82) is 0 Å². The number of halogens is 3. The number of carbonyl (C=O) groups excluding carboxylic acids is 1. The summed E-state index contributed by atoms with van der Waals surface area (Å²) in [4.78, 5) is 11.6. The van der Waals surface area contributed by atoms with Crippen molar-refractivity contribution in [2.24, 2.45) is 0 Å². The van der Waals surface area contributed by atoms with E-state index in [1.807, 2.05) is 0 Å². The summed E-state index contributed by atoms with van der Waals surface area (Å²) < 4.78 is 67.8. The molecule has 3 aromatic rings. The molecule has 1 aliphatic carbocycles. The van der Waals surface area contributed by atoms with Crippen LogP contribution in [0.25, 0.3) is 11.1 Å². The minimum Gasteiger partial charge on any atom is -0.755 e. The van der Waals surface area contributed by atoms with Crippen LogP contribution >= 0.6 is 0 Å². The van der Waals surface area contributed by atoms with Gasteiger partial charge in [-0.1, -0.05) is 24.3 Å². The maximum Gasteiger partial charge on any atom is 0.184 e. The van der Waals surface area contributed by atoms with Gasteiger partial charge in [-0.2, -0.15) is 0 Å². The van der Waals surface area contributed by atoms with E-state index in [9.17, 15) is 26.7 Å². The van der Waals surface area contributed by atoms with Crippen molar-refractivity contribution in [3.8, 4) is 11.1 Å². The Morgan fingerprint density at radius 3 is 2.38 bits per heavy atom. The van der Waals surface area contributed by atoms with Crippen LogP contribution in [0.4, 0.5) is 30.2 Å². The Morgan fingerprint density at radius 1 is 1.03 bits per heavy atom. The van der Waals surface area contributed by atoms with E-state index in [0.29, 0.717) is 29.5 Å². The van der Waals surface area contributed by atoms with Gasteiger partial charge in [0.1, 0.15) is 11.5 Å². The Balaban J connectivity index is 1.71. The minimum absolute atomic E-state index is 0.0997. The highest BCUT2D eigenvalue weighted by Crippen LogP contribution is 2.40. The van der Waals surface area contributed by atoms with Gasteiger partial charge in [0, 0.05) is 22.9 Å². The van der Waals surface area contributed by atoms with Gasteiger partial charge >= 0.3 is 0 Å². The lowest BCUT2D eigenvalue weighted by atomic mass is 10.0. The summed E-state index contributed by atoms with van der Waals surface area (Å²) in [5, 5.41) is 2.52. The Hall–Kier alpha value is -3.17. The first-order valence-corrected chi connectivity index (χ1v) is 10.8. The second kappa shape index (κ2) is 8.76. The third-order valence-electron chi connectivity index (χ3n) is 5.18. The zero-order valence-corrected chi connectivity index (χ0v) is 17.7. The predicted octanol–water partition coefficient (Wildman–Crippen LogP) is 5.48. The zero-order valence-electron chi connectivity index (χ0n) is 16.9. The second-order valence-corrected chi connectivity index (χ2v) is 8.31. The van der Waals surface area contributed by atoms with Gasteiger partial charge in [0.25, 0.3) is 0 Å². The fourth-order valence-corrected chi connectivity index (χ4v) is 4.17. The van der Waals surface area contributed by atoms with Crippen LogP contribution in [0.5, 0.6) is 0 Å². The van der Waals surface area contributed by atoms with Crippen LogP contribution in [0.15, 0.2) is 54.6 Å². The maximum atomic E-state index is 14.9. The van der Waals surface area contributed by atoms with Crippen LogP contribution in [0.1, 0.15) is 30.1 Å². The van der Waals surface area contributed by atoms with Gasteiger partial charge in [0.05, 0.1) is 11.4 Å². The number of nitrogens with one attached hydrogen (secondary N) is 1. The largest absolute Gasteiger partial charge is 0.755 e. The van der Waals surface area contributed by atoms with Gasteiger partial charge in [-0.05, 0) is 61.2 Å². The molecule has 1 fully saturated rings. The number of nitrogens with zero attached hydrogens (tertiary/aromatic N) is 1. The molecule has 1 aliphatic rings. The molecule has 1 unspecified atom stereocenters. The summed E-state index contributed by atoms with van der Waals surface area (Å²) in [5.41, 5.74) is 0.847. The Bertz CT molecular complexity index is 1230. The molecule has 0 heterocycles. The van der Waals surface area contributed by atoms with E-state index >= 15 is 0 Å². The number of hydrogen-bond acceptors (Lipinski definition) is 4. The van der Waals surface area contributed by atoms with Crippen molar-refractivity contribution < 1.29 is 26.7 Å². The van der Waals surface area contributed by atoms with Crippen LogP contribution in [0.3, 0.4) is 0 Å². The molecule has 32 heavy (non-hydrogen) atoms.